The summed E-state index contributed by atoms with van der Waals surface area (Å²) in [7, 11) is 0. The van der Waals surface area contributed by atoms with E-state index in [4.69, 9.17) is 5.73 Å². The molecule has 2 N–H and O–H groups in total. The van der Waals surface area contributed by atoms with Crippen LogP contribution in [0.25, 0.3) is 0 Å². The Kier molecular flexibility index (Phi) is 4.88. The molecular formula is C19H24N4O2. The van der Waals surface area contributed by atoms with Crippen LogP contribution < -0.4 is 5.73 Å². The maximum atomic E-state index is 12.6. The fourth-order valence-electron chi connectivity index (χ4n) is 3.13. The normalized spacial score (nSPS) is 17.8. The fourth-order valence-corrected chi connectivity index (χ4v) is 3.13. The number of piperazine rings is 1. The molecule has 6 nitrogen and oxygen atoms in total. The van der Waals surface area contributed by atoms with Gasteiger partial charge in [-0.05, 0) is 50.5 Å². The second kappa shape index (κ2) is 7.09. The molecule has 2 heterocycles. The number of carbonyl (C=O) groups is 2. The van der Waals surface area contributed by atoms with Crippen molar-refractivity contribution in [2.24, 2.45) is 4.99 Å². The van der Waals surface area contributed by atoms with E-state index >= 15 is 0 Å². The highest BCUT2D eigenvalue weighted by Crippen LogP contribution is 2.18. The number of hydrogen-bond donors (Lipinski definition) is 1. The lowest BCUT2D eigenvalue weighted by Gasteiger charge is -2.35. The molecule has 0 aromatic heterocycles. The zero-order chi connectivity index (χ0) is 18.0. The van der Waals surface area contributed by atoms with Crippen LogP contribution >= 0.6 is 0 Å². The highest BCUT2D eigenvalue weighted by molar-refractivity contribution is 5.98. The molecule has 2 aliphatic rings. The Labute approximate surface area is 148 Å². The number of nitrogens with two attached hydrogens (primary N) is 1. The van der Waals surface area contributed by atoms with Gasteiger partial charge in [-0.15, -0.1) is 0 Å². The van der Waals surface area contributed by atoms with Gasteiger partial charge in [0.05, 0.1) is 0 Å². The van der Waals surface area contributed by atoms with Gasteiger partial charge in [0.2, 0.25) is 0 Å². The zero-order valence-electron chi connectivity index (χ0n) is 14.8. The summed E-state index contributed by atoms with van der Waals surface area (Å²) in [5.41, 5.74) is 9.58. The van der Waals surface area contributed by atoms with Crippen molar-refractivity contribution in [1.29, 1.82) is 0 Å². The predicted molar refractivity (Wildman–Crippen MR) is 98.5 cm³/mol. The standard InChI is InChI=1S/C19H24N4O2/c1-13-12-15(6-7-16(13)20)18(24)22-8-10-23(11-9-22)19(25)17-5-3-4-14(2)21-17/h5-7,12H,3-4,8-11,20H2,1-2H3. The van der Waals surface area contributed by atoms with Gasteiger partial charge < -0.3 is 15.5 Å². The predicted octanol–water partition coefficient (Wildman–Crippen LogP) is 2.00. The highest BCUT2D eigenvalue weighted by Gasteiger charge is 2.27. The van der Waals surface area contributed by atoms with Crippen molar-refractivity contribution in [2.75, 3.05) is 31.9 Å². The lowest BCUT2D eigenvalue weighted by atomic mass is 10.1. The van der Waals surface area contributed by atoms with Crippen LogP contribution in [-0.4, -0.2) is 53.5 Å². The first kappa shape index (κ1) is 17.2. The monoisotopic (exact) mass is 340 g/mol. The van der Waals surface area contributed by atoms with Crippen LogP contribution in [0.3, 0.4) is 0 Å². The van der Waals surface area contributed by atoms with Crippen molar-refractivity contribution in [3.05, 3.63) is 41.1 Å². The summed E-state index contributed by atoms with van der Waals surface area (Å²) < 4.78 is 0. The minimum absolute atomic E-state index is 0.0130. The average Bonchev–Trinajstić information content (AvgIpc) is 2.63. The second-order valence-electron chi connectivity index (χ2n) is 6.63. The summed E-state index contributed by atoms with van der Waals surface area (Å²) in [6.45, 7) is 5.97. The summed E-state index contributed by atoms with van der Waals surface area (Å²) >= 11 is 0. The Bertz CT molecular complexity index is 759. The number of nitrogen functional groups attached to an aromatic ring is 1. The molecule has 0 unspecified atom stereocenters. The third-order valence-electron chi connectivity index (χ3n) is 4.75. The van der Waals surface area contributed by atoms with Gasteiger partial charge in [0.15, 0.2) is 0 Å². The Morgan fingerprint density at radius 3 is 2.28 bits per heavy atom. The lowest BCUT2D eigenvalue weighted by Crippen LogP contribution is -2.51. The molecule has 6 heteroatoms. The Morgan fingerprint density at radius 1 is 1.04 bits per heavy atom. The minimum atomic E-state index is -0.0329. The minimum Gasteiger partial charge on any atom is -0.399 e. The van der Waals surface area contributed by atoms with E-state index < -0.39 is 0 Å². The van der Waals surface area contributed by atoms with Crippen LogP contribution in [0.15, 0.2) is 35.0 Å². The number of hydrogen-bond acceptors (Lipinski definition) is 4. The quantitative estimate of drug-likeness (QED) is 0.836. The molecule has 0 radical (unpaired) electrons. The van der Waals surface area contributed by atoms with Crippen LogP contribution in [0.2, 0.25) is 0 Å². The van der Waals surface area contributed by atoms with Gasteiger partial charge in [-0.25, -0.2) is 0 Å². The molecule has 0 bridgehead atoms. The Morgan fingerprint density at radius 2 is 1.68 bits per heavy atom. The van der Waals surface area contributed by atoms with Gasteiger partial charge in [0, 0.05) is 43.1 Å². The molecule has 2 aliphatic heterocycles. The van der Waals surface area contributed by atoms with Crippen LogP contribution in [0, 0.1) is 6.92 Å². The van der Waals surface area contributed by atoms with Gasteiger partial charge >= 0.3 is 0 Å². The highest BCUT2D eigenvalue weighted by atomic mass is 16.2. The van der Waals surface area contributed by atoms with Gasteiger partial charge in [0.1, 0.15) is 5.70 Å². The number of benzene rings is 1. The second-order valence-corrected chi connectivity index (χ2v) is 6.63. The number of rotatable bonds is 2. The number of amides is 2. The smallest absolute Gasteiger partial charge is 0.272 e. The molecule has 1 aromatic carbocycles. The van der Waals surface area contributed by atoms with E-state index in [9.17, 15) is 9.59 Å². The van der Waals surface area contributed by atoms with E-state index in [1.165, 1.54) is 0 Å². The molecule has 132 valence electrons. The molecule has 0 spiro atoms. The third-order valence-corrected chi connectivity index (χ3v) is 4.75. The van der Waals surface area contributed by atoms with E-state index in [0.717, 1.165) is 24.1 Å². The van der Waals surface area contributed by atoms with E-state index in [1.807, 2.05) is 26.0 Å². The molecule has 0 saturated carbocycles. The van der Waals surface area contributed by atoms with Crippen LogP contribution in [-0.2, 0) is 4.79 Å². The first-order valence-corrected chi connectivity index (χ1v) is 8.64. The number of aryl methyl sites for hydroxylation is 1. The van der Waals surface area contributed by atoms with Crippen molar-refractivity contribution in [2.45, 2.75) is 26.7 Å². The van der Waals surface area contributed by atoms with Gasteiger partial charge in [-0.1, -0.05) is 6.08 Å². The third kappa shape index (κ3) is 3.73. The Balaban J connectivity index is 1.61. The van der Waals surface area contributed by atoms with Gasteiger partial charge in [-0.3, -0.25) is 14.6 Å². The molecule has 2 amide bonds. The topological polar surface area (TPSA) is 79.0 Å². The van der Waals surface area contributed by atoms with Crippen LogP contribution in [0.4, 0.5) is 5.69 Å². The zero-order valence-corrected chi connectivity index (χ0v) is 14.8. The number of carbonyl (C=O) groups excluding carboxylic acids is 2. The molecule has 0 atom stereocenters. The van der Waals surface area contributed by atoms with E-state index in [1.54, 1.807) is 21.9 Å². The number of nitrogens with zero attached hydrogens (tertiary/aromatic N) is 3. The number of allylic oxidation sites excluding steroid dienone is 1. The van der Waals surface area contributed by atoms with Gasteiger partial charge in [-0.2, -0.15) is 0 Å². The average molecular weight is 340 g/mol. The van der Waals surface area contributed by atoms with Crippen LogP contribution in [0.5, 0.6) is 0 Å². The lowest BCUT2D eigenvalue weighted by molar-refractivity contribution is -0.128. The maximum Gasteiger partial charge on any atom is 0.272 e. The largest absolute Gasteiger partial charge is 0.399 e. The summed E-state index contributed by atoms with van der Waals surface area (Å²) in [4.78, 5) is 33.1. The summed E-state index contributed by atoms with van der Waals surface area (Å²) in [5, 5.41) is 0. The number of anilines is 1. The Hall–Kier alpha value is -2.63. The molecule has 1 saturated heterocycles. The van der Waals surface area contributed by atoms with E-state index in [2.05, 4.69) is 4.99 Å². The molecule has 25 heavy (non-hydrogen) atoms. The first-order chi connectivity index (χ1) is 12.0. The van der Waals surface area contributed by atoms with Crippen LogP contribution in [0.1, 0.15) is 35.7 Å². The number of aliphatic imine (C=N–C) groups is 1. The molecule has 1 aromatic rings. The maximum absolute atomic E-state index is 12.6. The van der Waals surface area contributed by atoms with Gasteiger partial charge in [0.25, 0.3) is 11.8 Å². The fraction of sp³-hybridized carbons (Fsp3) is 0.421. The molecule has 3 rings (SSSR count). The van der Waals surface area contributed by atoms with Crippen molar-refractivity contribution in [3.63, 3.8) is 0 Å². The SMILES string of the molecule is CC1=NC(C(=O)N2CCN(C(=O)c3ccc(N)c(C)c3)CC2)=CCC1. The molecule has 0 aliphatic carbocycles. The van der Waals surface area contributed by atoms with E-state index in [-0.39, 0.29) is 11.8 Å². The summed E-state index contributed by atoms with van der Waals surface area (Å²) in [6.07, 6.45) is 3.69. The van der Waals surface area contributed by atoms with Crippen molar-refractivity contribution < 1.29 is 9.59 Å². The molecular weight excluding hydrogens is 316 g/mol. The van der Waals surface area contributed by atoms with E-state index in [0.29, 0.717) is 43.1 Å². The van der Waals surface area contributed by atoms with Crippen molar-refractivity contribution >= 4 is 23.2 Å². The first-order valence-electron chi connectivity index (χ1n) is 8.64. The summed E-state index contributed by atoms with van der Waals surface area (Å²) in [6, 6.07) is 5.34. The van der Waals surface area contributed by atoms with Crippen molar-refractivity contribution in [3.8, 4) is 0 Å². The molecule has 1 fully saturated rings. The summed E-state index contributed by atoms with van der Waals surface area (Å²) in [5.74, 6) is -0.0459. The van der Waals surface area contributed by atoms with Crippen molar-refractivity contribution in [1.82, 2.24) is 9.80 Å².